The van der Waals surface area contributed by atoms with Crippen LogP contribution in [0.1, 0.15) is 55.8 Å². The number of anilines is 1. The van der Waals surface area contributed by atoms with Gasteiger partial charge in [0.2, 0.25) is 15.9 Å². The normalized spacial score (nSPS) is 21.3. The highest BCUT2D eigenvalue weighted by molar-refractivity contribution is 7.89. The van der Waals surface area contributed by atoms with Crippen molar-refractivity contribution >= 4 is 21.6 Å². The van der Waals surface area contributed by atoms with E-state index in [1.54, 1.807) is 23.1 Å². The number of fused-ring (bicyclic) bond motifs is 2. The number of carbonyl (C=O) groups is 1. The first-order valence-corrected chi connectivity index (χ1v) is 11.4. The summed E-state index contributed by atoms with van der Waals surface area (Å²) < 4.78 is 29.0. The Labute approximate surface area is 166 Å². The first-order chi connectivity index (χ1) is 13.4. The molecule has 148 valence electrons. The molecule has 4 rings (SSSR count). The molecule has 1 aliphatic heterocycles. The molecule has 0 radical (unpaired) electrons. The van der Waals surface area contributed by atoms with Gasteiger partial charge in [-0.25, -0.2) is 13.1 Å². The molecule has 0 spiro atoms. The molecule has 1 heterocycles. The summed E-state index contributed by atoms with van der Waals surface area (Å²) >= 11 is 0. The predicted molar refractivity (Wildman–Crippen MR) is 110 cm³/mol. The molecular formula is C22H26N2O3S. The molecule has 28 heavy (non-hydrogen) atoms. The molecule has 2 aromatic rings. The van der Waals surface area contributed by atoms with Gasteiger partial charge in [-0.15, -0.1) is 0 Å². The molecule has 2 unspecified atom stereocenters. The fourth-order valence-corrected chi connectivity index (χ4v) is 5.76. The smallest absolute Gasteiger partial charge is 0.241 e. The number of rotatable bonds is 4. The molecule has 0 bridgehead atoms. The van der Waals surface area contributed by atoms with Gasteiger partial charge in [0.25, 0.3) is 0 Å². The van der Waals surface area contributed by atoms with Crippen LogP contribution in [0.3, 0.4) is 0 Å². The maximum atomic E-state index is 13.1. The second-order valence-electron chi connectivity index (χ2n) is 7.73. The minimum absolute atomic E-state index is 0.0542. The van der Waals surface area contributed by atoms with Crippen LogP contribution in [-0.4, -0.2) is 20.4 Å². The highest BCUT2D eigenvalue weighted by Crippen LogP contribution is 2.35. The molecule has 1 amide bonds. The van der Waals surface area contributed by atoms with E-state index in [0.29, 0.717) is 12.8 Å². The van der Waals surface area contributed by atoms with E-state index in [-0.39, 0.29) is 22.9 Å². The van der Waals surface area contributed by atoms with Gasteiger partial charge in [-0.1, -0.05) is 31.2 Å². The van der Waals surface area contributed by atoms with Crippen LogP contribution >= 0.6 is 0 Å². The molecule has 6 heteroatoms. The molecule has 2 aromatic carbocycles. The van der Waals surface area contributed by atoms with E-state index >= 15 is 0 Å². The van der Waals surface area contributed by atoms with Gasteiger partial charge >= 0.3 is 0 Å². The molecule has 2 aliphatic rings. The van der Waals surface area contributed by atoms with E-state index in [1.807, 2.05) is 32.0 Å². The van der Waals surface area contributed by atoms with Crippen molar-refractivity contribution in [1.29, 1.82) is 0 Å². The fourth-order valence-electron chi connectivity index (χ4n) is 4.46. The van der Waals surface area contributed by atoms with Gasteiger partial charge in [0.1, 0.15) is 0 Å². The van der Waals surface area contributed by atoms with Crippen LogP contribution in [0, 0.1) is 0 Å². The van der Waals surface area contributed by atoms with E-state index in [1.165, 1.54) is 5.56 Å². The average Bonchev–Trinajstić information content (AvgIpc) is 3.02. The standard InChI is InChI=1S/C22H26N2O3S/c1-3-22(25)24-15(2)13-17-14-18(11-12-21(17)24)28(26,27)23-20-10-6-8-16-7-4-5-9-19(16)20/h4-5,7,9,11-12,14-15,20,23H,3,6,8,10,13H2,1-2H3. The van der Waals surface area contributed by atoms with Crippen molar-refractivity contribution in [1.82, 2.24) is 4.72 Å². The van der Waals surface area contributed by atoms with E-state index in [9.17, 15) is 13.2 Å². The summed E-state index contributed by atoms with van der Waals surface area (Å²) in [5, 5.41) is 0. The lowest BCUT2D eigenvalue weighted by atomic mass is 9.88. The third kappa shape index (κ3) is 3.35. The minimum Gasteiger partial charge on any atom is -0.309 e. The van der Waals surface area contributed by atoms with Gasteiger partial charge in [-0.05, 0) is 67.5 Å². The lowest BCUT2D eigenvalue weighted by Crippen LogP contribution is -2.35. The zero-order chi connectivity index (χ0) is 19.9. The predicted octanol–water partition coefficient (Wildman–Crippen LogP) is 3.73. The lowest BCUT2D eigenvalue weighted by molar-refractivity contribution is -0.118. The van der Waals surface area contributed by atoms with Crippen LogP contribution in [-0.2, 0) is 27.7 Å². The highest BCUT2D eigenvalue weighted by atomic mass is 32.2. The summed E-state index contributed by atoms with van der Waals surface area (Å²) in [7, 11) is -3.64. The second-order valence-corrected chi connectivity index (χ2v) is 9.44. The van der Waals surface area contributed by atoms with Crippen LogP contribution in [0.15, 0.2) is 47.4 Å². The Kier molecular flexibility index (Phi) is 5.02. The number of nitrogens with one attached hydrogen (secondary N) is 1. The number of carbonyl (C=O) groups excluding carboxylic acids is 1. The van der Waals surface area contributed by atoms with Crippen LogP contribution in [0.5, 0.6) is 0 Å². The van der Waals surface area contributed by atoms with Gasteiger partial charge in [-0.3, -0.25) is 4.79 Å². The molecular weight excluding hydrogens is 372 g/mol. The third-order valence-corrected chi connectivity index (χ3v) is 7.28. The van der Waals surface area contributed by atoms with Crippen molar-refractivity contribution in [2.45, 2.75) is 62.9 Å². The highest BCUT2D eigenvalue weighted by Gasteiger charge is 2.32. The number of sulfonamides is 1. The van der Waals surface area contributed by atoms with Crippen molar-refractivity contribution in [3.05, 3.63) is 59.2 Å². The Hall–Kier alpha value is -2.18. The first kappa shape index (κ1) is 19.2. The quantitative estimate of drug-likeness (QED) is 0.853. The van der Waals surface area contributed by atoms with E-state index < -0.39 is 10.0 Å². The van der Waals surface area contributed by atoms with E-state index in [4.69, 9.17) is 0 Å². The number of benzene rings is 2. The minimum atomic E-state index is -3.64. The van der Waals surface area contributed by atoms with Gasteiger partial charge in [0.05, 0.1) is 4.90 Å². The molecule has 1 aliphatic carbocycles. The summed E-state index contributed by atoms with van der Waals surface area (Å²) in [6.45, 7) is 3.84. The topological polar surface area (TPSA) is 66.5 Å². The summed E-state index contributed by atoms with van der Waals surface area (Å²) in [5.74, 6) is 0.0683. The maximum absolute atomic E-state index is 13.1. The molecule has 0 fully saturated rings. The Morgan fingerprint density at radius 3 is 2.75 bits per heavy atom. The van der Waals surface area contributed by atoms with E-state index in [2.05, 4.69) is 10.8 Å². The monoisotopic (exact) mass is 398 g/mol. The number of nitrogens with zero attached hydrogens (tertiary/aromatic N) is 1. The van der Waals surface area contributed by atoms with Crippen molar-refractivity contribution in [3.8, 4) is 0 Å². The largest absolute Gasteiger partial charge is 0.309 e. The number of hydrogen-bond donors (Lipinski definition) is 1. The molecule has 2 atom stereocenters. The average molecular weight is 399 g/mol. The SMILES string of the molecule is CCC(=O)N1c2ccc(S(=O)(=O)NC3CCCc4ccccc43)cc2CC1C. The summed E-state index contributed by atoms with van der Waals surface area (Å²) in [5.41, 5.74) is 4.05. The van der Waals surface area contributed by atoms with Crippen molar-refractivity contribution in [3.63, 3.8) is 0 Å². The molecule has 0 aromatic heterocycles. The Balaban J connectivity index is 1.62. The van der Waals surface area contributed by atoms with Crippen LogP contribution in [0.25, 0.3) is 0 Å². The maximum Gasteiger partial charge on any atom is 0.241 e. The Morgan fingerprint density at radius 1 is 1.18 bits per heavy atom. The van der Waals surface area contributed by atoms with Crippen LogP contribution in [0.2, 0.25) is 0 Å². The van der Waals surface area contributed by atoms with Crippen LogP contribution in [0.4, 0.5) is 5.69 Å². The van der Waals surface area contributed by atoms with Crippen molar-refractivity contribution in [2.24, 2.45) is 0 Å². The van der Waals surface area contributed by atoms with Gasteiger partial charge in [0, 0.05) is 24.2 Å². The van der Waals surface area contributed by atoms with Crippen molar-refractivity contribution < 1.29 is 13.2 Å². The van der Waals surface area contributed by atoms with Gasteiger partial charge in [-0.2, -0.15) is 0 Å². The van der Waals surface area contributed by atoms with Crippen LogP contribution < -0.4 is 9.62 Å². The van der Waals surface area contributed by atoms with Crippen molar-refractivity contribution in [2.75, 3.05) is 4.90 Å². The summed E-state index contributed by atoms with van der Waals surface area (Å²) in [6.07, 6.45) is 3.88. The molecule has 0 saturated heterocycles. The lowest BCUT2D eigenvalue weighted by Gasteiger charge is -2.26. The number of hydrogen-bond acceptors (Lipinski definition) is 3. The molecule has 0 saturated carbocycles. The Bertz CT molecular complexity index is 1020. The van der Waals surface area contributed by atoms with E-state index in [0.717, 1.165) is 36.1 Å². The first-order valence-electron chi connectivity index (χ1n) is 9.96. The Morgan fingerprint density at radius 2 is 1.96 bits per heavy atom. The fraction of sp³-hybridized carbons (Fsp3) is 0.409. The van der Waals surface area contributed by atoms with Gasteiger partial charge < -0.3 is 4.90 Å². The number of aryl methyl sites for hydroxylation is 1. The zero-order valence-electron chi connectivity index (χ0n) is 16.3. The molecule has 1 N–H and O–H groups in total. The number of amides is 1. The molecule has 5 nitrogen and oxygen atoms in total. The van der Waals surface area contributed by atoms with Gasteiger partial charge in [0.15, 0.2) is 0 Å². The summed E-state index contributed by atoms with van der Waals surface area (Å²) in [6, 6.07) is 13.0. The zero-order valence-corrected chi connectivity index (χ0v) is 17.1. The summed E-state index contributed by atoms with van der Waals surface area (Å²) in [4.78, 5) is 14.3. The third-order valence-electron chi connectivity index (χ3n) is 5.81. The second kappa shape index (κ2) is 7.33.